The third kappa shape index (κ3) is 6.84. The maximum absolute atomic E-state index is 15.1. The average molecular weight is 551 g/mol. The Kier molecular flexibility index (Phi) is 9.48. The first-order chi connectivity index (χ1) is 17.1. The summed E-state index contributed by atoms with van der Waals surface area (Å²) in [5.74, 6) is -1.91. The number of methoxy groups -OCH3 is 1. The van der Waals surface area contributed by atoms with Crippen molar-refractivity contribution in [3.05, 3.63) is 74.0 Å². The van der Waals surface area contributed by atoms with Crippen LogP contribution in [0.15, 0.2) is 41.5 Å². The average Bonchev–Trinajstić information content (AvgIpc) is 3.27. The van der Waals surface area contributed by atoms with E-state index in [4.69, 9.17) is 33.0 Å². The number of halogens is 3. The van der Waals surface area contributed by atoms with E-state index in [2.05, 4.69) is 24.1 Å². The minimum atomic E-state index is -1.29. The minimum absolute atomic E-state index is 0.0691. The van der Waals surface area contributed by atoms with E-state index in [-0.39, 0.29) is 37.9 Å². The van der Waals surface area contributed by atoms with Gasteiger partial charge in [0.1, 0.15) is 5.82 Å². The van der Waals surface area contributed by atoms with Crippen LogP contribution in [0.4, 0.5) is 9.52 Å². The topological polar surface area (TPSA) is 88.5 Å². The molecule has 0 bridgehead atoms. The summed E-state index contributed by atoms with van der Waals surface area (Å²) in [5.41, 5.74) is 1.80. The maximum Gasteiger partial charge on any atom is 0.371 e. The predicted molar refractivity (Wildman–Crippen MR) is 142 cm³/mol. The van der Waals surface area contributed by atoms with Crippen molar-refractivity contribution >= 4 is 57.6 Å². The monoisotopic (exact) mass is 550 g/mol. The van der Waals surface area contributed by atoms with Crippen molar-refractivity contribution in [1.82, 2.24) is 4.98 Å². The molecule has 0 fully saturated rings. The summed E-state index contributed by atoms with van der Waals surface area (Å²) in [7, 11) is 1.21. The molecule has 6 nitrogen and oxygen atoms in total. The number of thiazole rings is 1. The smallest absolute Gasteiger partial charge is 0.371 e. The summed E-state index contributed by atoms with van der Waals surface area (Å²) in [6, 6.07) is 7.98. The predicted octanol–water partition coefficient (Wildman–Crippen LogP) is 7.56. The molecule has 0 aliphatic carbocycles. The third-order valence-electron chi connectivity index (χ3n) is 5.35. The van der Waals surface area contributed by atoms with Crippen LogP contribution < -0.4 is 5.32 Å². The fourth-order valence-electron chi connectivity index (χ4n) is 3.49. The van der Waals surface area contributed by atoms with Gasteiger partial charge in [0.15, 0.2) is 5.13 Å². The summed E-state index contributed by atoms with van der Waals surface area (Å²) < 4.78 is 19.9. The Hall–Kier alpha value is -2.94. The van der Waals surface area contributed by atoms with Crippen LogP contribution in [-0.2, 0) is 16.0 Å². The SMILES string of the molecule is CO/C(=C\c1c(Cl)cc(C(=O)Nc2nc(-c3cccc(CCCC(C)C)c3F)cs2)cc1Cl)C(=O)O. The van der Waals surface area contributed by atoms with E-state index in [1.165, 1.54) is 25.3 Å². The van der Waals surface area contributed by atoms with Crippen molar-refractivity contribution in [3.8, 4) is 11.3 Å². The molecule has 0 aliphatic rings. The fraction of sp³-hybridized carbons (Fsp3) is 0.269. The Bertz CT molecular complexity index is 1280. The number of nitrogens with one attached hydrogen (secondary N) is 1. The molecule has 10 heteroatoms. The number of aliphatic carboxylic acids is 1. The zero-order valence-electron chi connectivity index (χ0n) is 19.9. The van der Waals surface area contributed by atoms with Gasteiger partial charge in [0.05, 0.1) is 22.8 Å². The van der Waals surface area contributed by atoms with E-state index < -0.39 is 11.9 Å². The largest absolute Gasteiger partial charge is 0.490 e. The molecule has 1 aromatic heterocycles. The third-order valence-corrected chi connectivity index (χ3v) is 6.74. The van der Waals surface area contributed by atoms with Crippen LogP contribution in [0, 0.1) is 11.7 Å². The number of rotatable bonds is 10. The number of benzene rings is 2. The van der Waals surface area contributed by atoms with Gasteiger partial charge >= 0.3 is 5.97 Å². The molecule has 0 radical (unpaired) electrons. The second-order valence-electron chi connectivity index (χ2n) is 8.43. The number of amides is 1. The number of carbonyl (C=O) groups is 2. The number of aryl methyl sites for hydroxylation is 1. The van der Waals surface area contributed by atoms with Crippen molar-refractivity contribution in [2.75, 3.05) is 12.4 Å². The van der Waals surface area contributed by atoms with Gasteiger partial charge in [-0.25, -0.2) is 14.2 Å². The number of anilines is 1. The summed E-state index contributed by atoms with van der Waals surface area (Å²) in [5, 5.41) is 13.9. The Balaban J connectivity index is 1.78. The zero-order chi connectivity index (χ0) is 26.4. The number of carboxylic acids is 1. The van der Waals surface area contributed by atoms with E-state index >= 15 is 4.39 Å². The zero-order valence-corrected chi connectivity index (χ0v) is 22.2. The van der Waals surface area contributed by atoms with Crippen molar-refractivity contribution in [3.63, 3.8) is 0 Å². The highest BCUT2D eigenvalue weighted by molar-refractivity contribution is 7.14. The number of carboxylic acid groups (broad SMARTS) is 1. The Morgan fingerprint density at radius 1 is 1.25 bits per heavy atom. The molecule has 2 aromatic carbocycles. The first-order valence-electron chi connectivity index (χ1n) is 11.1. The second kappa shape index (κ2) is 12.3. The molecular formula is C26H25Cl2FN2O4S. The highest BCUT2D eigenvalue weighted by Crippen LogP contribution is 2.31. The molecule has 36 heavy (non-hydrogen) atoms. The van der Waals surface area contributed by atoms with Gasteiger partial charge in [0.2, 0.25) is 5.76 Å². The summed E-state index contributed by atoms with van der Waals surface area (Å²) in [6.45, 7) is 4.28. The molecule has 190 valence electrons. The van der Waals surface area contributed by atoms with Gasteiger partial charge in [-0.2, -0.15) is 0 Å². The van der Waals surface area contributed by atoms with Gasteiger partial charge in [0, 0.05) is 22.1 Å². The number of hydrogen-bond donors (Lipinski definition) is 2. The molecule has 3 aromatic rings. The van der Waals surface area contributed by atoms with Crippen molar-refractivity contribution < 1.29 is 23.8 Å². The quantitative estimate of drug-likeness (QED) is 0.201. The molecule has 0 atom stereocenters. The second-order valence-corrected chi connectivity index (χ2v) is 10.1. The van der Waals surface area contributed by atoms with Crippen molar-refractivity contribution in [1.29, 1.82) is 0 Å². The Morgan fingerprint density at radius 3 is 2.56 bits per heavy atom. The van der Waals surface area contributed by atoms with Gasteiger partial charge in [0.25, 0.3) is 5.91 Å². The molecule has 2 N–H and O–H groups in total. The van der Waals surface area contributed by atoms with Crippen LogP contribution in [0.2, 0.25) is 10.0 Å². The lowest BCUT2D eigenvalue weighted by Gasteiger charge is -2.09. The van der Waals surface area contributed by atoms with Crippen molar-refractivity contribution in [2.45, 2.75) is 33.1 Å². The van der Waals surface area contributed by atoms with Crippen LogP contribution in [0.1, 0.15) is 48.2 Å². The molecule has 0 saturated carbocycles. The number of ether oxygens (including phenoxy) is 1. The lowest BCUT2D eigenvalue weighted by Crippen LogP contribution is -2.12. The highest BCUT2D eigenvalue weighted by atomic mass is 35.5. The number of hydrogen-bond acceptors (Lipinski definition) is 5. The van der Waals surface area contributed by atoms with Gasteiger partial charge in [-0.05, 0) is 48.6 Å². The summed E-state index contributed by atoms with van der Waals surface area (Å²) in [6.07, 6.45) is 3.75. The standard InChI is InChI=1S/C26H25Cl2FN2O4S/c1-14(2)6-4-7-15-8-5-9-17(23(15)29)21-13-36-26(30-21)31-24(32)16-10-19(27)18(20(28)11-16)12-22(35-3)25(33)34/h5,8-14H,4,6-7H2,1-3H3,(H,33,34)(H,30,31,32)/b22-12-. The molecule has 0 saturated heterocycles. The summed E-state index contributed by atoms with van der Waals surface area (Å²) in [4.78, 5) is 28.3. The van der Waals surface area contributed by atoms with E-state index in [0.717, 1.165) is 24.2 Å². The first-order valence-corrected chi connectivity index (χ1v) is 12.8. The number of carbonyl (C=O) groups excluding carboxylic acids is 1. The van der Waals surface area contributed by atoms with Crippen LogP contribution >= 0.6 is 34.5 Å². The Morgan fingerprint density at radius 2 is 1.94 bits per heavy atom. The molecule has 1 amide bonds. The van der Waals surface area contributed by atoms with Gasteiger partial charge in [-0.15, -0.1) is 11.3 Å². The molecule has 0 spiro atoms. The molecule has 0 unspecified atom stereocenters. The van der Waals surface area contributed by atoms with E-state index in [0.29, 0.717) is 29.2 Å². The number of nitrogens with zero attached hydrogens (tertiary/aromatic N) is 1. The normalized spacial score (nSPS) is 11.6. The summed E-state index contributed by atoms with van der Waals surface area (Å²) >= 11 is 13.7. The highest BCUT2D eigenvalue weighted by Gasteiger charge is 2.18. The Labute approximate surface area is 222 Å². The van der Waals surface area contributed by atoms with E-state index in [9.17, 15) is 9.59 Å². The van der Waals surface area contributed by atoms with Crippen LogP contribution in [0.25, 0.3) is 17.3 Å². The minimum Gasteiger partial charge on any atom is -0.490 e. The lowest BCUT2D eigenvalue weighted by atomic mass is 10.00. The molecule has 0 aliphatic heterocycles. The van der Waals surface area contributed by atoms with Gasteiger partial charge in [-0.1, -0.05) is 55.6 Å². The van der Waals surface area contributed by atoms with Crippen LogP contribution in [-0.4, -0.2) is 29.1 Å². The van der Waals surface area contributed by atoms with Gasteiger partial charge < -0.3 is 9.84 Å². The van der Waals surface area contributed by atoms with Gasteiger partial charge in [-0.3, -0.25) is 10.1 Å². The lowest BCUT2D eigenvalue weighted by molar-refractivity contribution is -0.135. The van der Waals surface area contributed by atoms with Crippen LogP contribution in [0.5, 0.6) is 0 Å². The number of aromatic nitrogens is 1. The molecular weight excluding hydrogens is 526 g/mol. The van der Waals surface area contributed by atoms with Crippen molar-refractivity contribution in [2.24, 2.45) is 5.92 Å². The fourth-order valence-corrected chi connectivity index (χ4v) is 4.79. The van der Waals surface area contributed by atoms with E-state index in [1.807, 2.05) is 0 Å². The molecule has 1 heterocycles. The maximum atomic E-state index is 15.1. The first kappa shape index (κ1) is 27.6. The van der Waals surface area contributed by atoms with E-state index in [1.54, 1.807) is 23.6 Å². The molecule has 3 rings (SSSR count). The van der Waals surface area contributed by atoms with Crippen LogP contribution in [0.3, 0.4) is 0 Å².